The van der Waals surface area contributed by atoms with Crippen molar-refractivity contribution >= 4 is 15.9 Å². The smallest absolute Gasteiger partial charge is 0.384 e. The van der Waals surface area contributed by atoms with Crippen LogP contribution >= 0.6 is 0 Å². The van der Waals surface area contributed by atoms with E-state index in [-0.39, 0.29) is 0 Å². The number of sulfonamides is 1. The Balaban J connectivity index is 4.65. The van der Waals surface area contributed by atoms with Gasteiger partial charge in [0.2, 0.25) is 0 Å². The van der Waals surface area contributed by atoms with Crippen LogP contribution in [0.3, 0.4) is 0 Å². The predicted octanol–water partition coefficient (Wildman–Crippen LogP) is -0.667. The molecular formula is C4H6F3NO4S. The van der Waals surface area contributed by atoms with Gasteiger partial charge in [-0.2, -0.15) is 21.6 Å². The van der Waals surface area contributed by atoms with Crippen LogP contribution in [0.4, 0.5) is 13.2 Å². The van der Waals surface area contributed by atoms with Gasteiger partial charge in [0.25, 0.3) is 5.91 Å². The van der Waals surface area contributed by atoms with E-state index in [2.05, 4.69) is 0 Å². The second-order valence-electron chi connectivity index (χ2n) is 2.09. The normalized spacial score (nSPS) is 15.2. The summed E-state index contributed by atoms with van der Waals surface area (Å²) in [5, 5.41) is 8.41. The van der Waals surface area contributed by atoms with Gasteiger partial charge in [0, 0.05) is 0 Å². The summed E-state index contributed by atoms with van der Waals surface area (Å²) in [6.07, 6.45) is -1.82. The summed E-state index contributed by atoms with van der Waals surface area (Å²) in [6.45, 7) is 0.835. The molecule has 78 valence electrons. The predicted molar refractivity (Wildman–Crippen MR) is 34.8 cm³/mol. The van der Waals surface area contributed by atoms with Crippen LogP contribution in [0.1, 0.15) is 6.92 Å². The summed E-state index contributed by atoms with van der Waals surface area (Å²) >= 11 is 0. The minimum atomic E-state index is -5.70. The second kappa shape index (κ2) is 3.50. The first-order chi connectivity index (χ1) is 5.58. The lowest BCUT2D eigenvalue weighted by atomic mass is 10.4. The molecule has 5 nitrogen and oxygen atoms in total. The zero-order valence-electron chi connectivity index (χ0n) is 6.29. The molecule has 1 atom stereocenters. The molecule has 13 heavy (non-hydrogen) atoms. The van der Waals surface area contributed by atoms with E-state index in [1.165, 1.54) is 0 Å². The molecule has 2 N–H and O–H groups in total. The number of hydrogen-bond donors (Lipinski definition) is 2. The van der Waals surface area contributed by atoms with Gasteiger partial charge in [0.1, 0.15) is 6.10 Å². The van der Waals surface area contributed by atoms with Crippen molar-refractivity contribution in [2.24, 2.45) is 0 Å². The minimum absolute atomic E-state index is 0.654. The maximum Gasteiger partial charge on any atom is 0.516 e. The fourth-order valence-corrected chi connectivity index (χ4v) is 0.827. The molecule has 1 unspecified atom stereocenters. The van der Waals surface area contributed by atoms with Crippen LogP contribution in [0.25, 0.3) is 0 Å². The van der Waals surface area contributed by atoms with Crippen molar-refractivity contribution in [2.45, 2.75) is 18.5 Å². The lowest BCUT2D eigenvalue weighted by Crippen LogP contribution is -2.43. The molecule has 0 spiro atoms. The van der Waals surface area contributed by atoms with E-state index in [0.717, 1.165) is 6.92 Å². The average Bonchev–Trinajstić information content (AvgIpc) is 1.83. The van der Waals surface area contributed by atoms with Crippen LogP contribution in [0.5, 0.6) is 0 Å². The molecule has 0 aromatic carbocycles. The molecular weight excluding hydrogens is 215 g/mol. The number of aliphatic hydroxyl groups excluding tert-OH is 1. The van der Waals surface area contributed by atoms with Gasteiger partial charge < -0.3 is 5.11 Å². The number of halogens is 3. The quantitative estimate of drug-likeness (QED) is 0.648. The highest BCUT2D eigenvalue weighted by Crippen LogP contribution is 2.21. The summed E-state index contributed by atoms with van der Waals surface area (Å²) in [5.74, 6) is -1.63. The van der Waals surface area contributed by atoms with Crippen molar-refractivity contribution in [3.05, 3.63) is 0 Å². The Bertz CT molecular complexity index is 293. The molecule has 0 saturated carbocycles. The first kappa shape index (κ1) is 12.2. The summed E-state index contributed by atoms with van der Waals surface area (Å²) in [5.41, 5.74) is -5.56. The number of alkyl halides is 3. The third-order valence-corrected chi connectivity index (χ3v) is 2.00. The Labute approximate surface area is 71.6 Å². The number of nitrogens with one attached hydrogen (secondary N) is 1. The van der Waals surface area contributed by atoms with Crippen LogP contribution in [0.15, 0.2) is 0 Å². The van der Waals surface area contributed by atoms with Gasteiger partial charge in [0.05, 0.1) is 0 Å². The van der Waals surface area contributed by atoms with Crippen molar-refractivity contribution in [1.82, 2.24) is 4.72 Å². The van der Waals surface area contributed by atoms with Crippen LogP contribution < -0.4 is 4.72 Å². The van der Waals surface area contributed by atoms with Gasteiger partial charge >= 0.3 is 15.5 Å². The van der Waals surface area contributed by atoms with E-state index < -0.39 is 27.5 Å². The Morgan fingerprint density at radius 3 is 2.08 bits per heavy atom. The van der Waals surface area contributed by atoms with E-state index in [1.54, 1.807) is 0 Å². The molecule has 0 heterocycles. The van der Waals surface area contributed by atoms with Crippen molar-refractivity contribution in [1.29, 1.82) is 0 Å². The minimum Gasteiger partial charge on any atom is -0.384 e. The first-order valence-electron chi connectivity index (χ1n) is 2.89. The molecule has 0 radical (unpaired) electrons. The summed E-state index contributed by atoms with van der Waals surface area (Å²) in [4.78, 5) is 10.4. The van der Waals surface area contributed by atoms with Crippen LogP contribution in [0, 0.1) is 0 Å². The third-order valence-electron chi connectivity index (χ3n) is 0.919. The molecule has 0 aromatic rings. The molecule has 0 aliphatic heterocycles. The molecule has 0 fully saturated rings. The van der Waals surface area contributed by atoms with Crippen molar-refractivity contribution < 1.29 is 31.5 Å². The first-order valence-corrected chi connectivity index (χ1v) is 4.37. The van der Waals surface area contributed by atoms with Crippen molar-refractivity contribution in [3.63, 3.8) is 0 Å². The molecule has 0 aliphatic carbocycles. The highest BCUT2D eigenvalue weighted by Gasteiger charge is 2.47. The highest BCUT2D eigenvalue weighted by molar-refractivity contribution is 7.90. The number of amides is 1. The SMILES string of the molecule is CC(O)C(=O)NS(=O)(=O)C(F)(F)F. The fraction of sp³-hybridized carbons (Fsp3) is 0.750. The Morgan fingerprint density at radius 2 is 1.85 bits per heavy atom. The Kier molecular flexibility index (Phi) is 3.28. The third kappa shape index (κ3) is 3.19. The van der Waals surface area contributed by atoms with Gasteiger partial charge in [-0.15, -0.1) is 0 Å². The maximum absolute atomic E-state index is 11.6. The monoisotopic (exact) mass is 221 g/mol. The largest absolute Gasteiger partial charge is 0.516 e. The standard InChI is InChI=1S/C4H6F3NO4S/c1-2(9)3(10)8-13(11,12)4(5,6)7/h2,9H,1H3,(H,8,10). The summed E-state index contributed by atoms with van der Waals surface area (Å²) in [7, 11) is -5.70. The molecule has 0 saturated heterocycles. The molecule has 1 amide bonds. The van der Waals surface area contributed by atoms with Gasteiger partial charge in [-0.05, 0) is 6.92 Å². The lowest BCUT2D eigenvalue weighted by Gasteiger charge is -2.09. The number of hydrogen-bond acceptors (Lipinski definition) is 4. The van der Waals surface area contributed by atoms with Gasteiger partial charge in [-0.1, -0.05) is 0 Å². The van der Waals surface area contributed by atoms with Gasteiger partial charge in [-0.3, -0.25) is 4.79 Å². The van der Waals surface area contributed by atoms with E-state index >= 15 is 0 Å². The summed E-state index contributed by atoms with van der Waals surface area (Å²) in [6, 6.07) is 0. The average molecular weight is 221 g/mol. The lowest BCUT2D eigenvalue weighted by molar-refractivity contribution is -0.127. The van der Waals surface area contributed by atoms with Crippen molar-refractivity contribution in [2.75, 3.05) is 0 Å². The maximum atomic E-state index is 11.6. The van der Waals surface area contributed by atoms with E-state index in [0.29, 0.717) is 4.72 Å². The van der Waals surface area contributed by atoms with E-state index in [1.807, 2.05) is 0 Å². The van der Waals surface area contributed by atoms with Gasteiger partial charge in [0.15, 0.2) is 0 Å². The second-order valence-corrected chi connectivity index (χ2v) is 3.77. The van der Waals surface area contributed by atoms with E-state index in [9.17, 15) is 26.4 Å². The highest BCUT2D eigenvalue weighted by atomic mass is 32.2. The van der Waals surface area contributed by atoms with Crippen LogP contribution in [0.2, 0.25) is 0 Å². The number of carbonyl (C=O) groups excluding carboxylic acids is 1. The Hall–Kier alpha value is -0.830. The molecule has 0 bridgehead atoms. The fourth-order valence-electron chi connectivity index (χ4n) is 0.276. The molecule has 9 heteroatoms. The summed E-state index contributed by atoms with van der Waals surface area (Å²) < 4.78 is 55.8. The Morgan fingerprint density at radius 1 is 1.46 bits per heavy atom. The molecule has 0 aromatic heterocycles. The zero-order valence-corrected chi connectivity index (χ0v) is 7.11. The van der Waals surface area contributed by atoms with Crippen LogP contribution in [-0.2, 0) is 14.8 Å². The topological polar surface area (TPSA) is 83.5 Å². The van der Waals surface area contributed by atoms with E-state index in [4.69, 9.17) is 5.11 Å². The van der Waals surface area contributed by atoms with Crippen LogP contribution in [-0.4, -0.2) is 31.0 Å². The molecule has 0 aliphatic rings. The number of aliphatic hydroxyl groups is 1. The van der Waals surface area contributed by atoms with Gasteiger partial charge in [-0.25, -0.2) is 4.72 Å². The number of rotatable bonds is 2. The zero-order chi connectivity index (χ0) is 10.9. The molecule has 0 rings (SSSR count). The van der Waals surface area contributed by atoms with Crippen molar-refractivity contribution in [3.8, 4) is 0 Å². The number of carbonyl (C=O) groups is 1.